The summed E-state index contributed by atoms with van der Waals surface area (Å²) in [7, 11) is 0. The number of aromatic nitrogens is 2. The molecule has 1 aromatic carbocycles. The van der Waals surface area contributed by atoms with Crippen LogP contribution in [0.15, 0.2) is 22.5 Å². The molecular weight excluding hydrogens is 305 g/mol. The van der Waals surface area contributed by atoms with Gasteiger partial charge >= 0.3 is 6.18 Å². The fourth-order valence-electron chi connectivity index (χ4n) is 1.29. The third-order valence-corrected chi connectivity index (χ3v) is 4.10. The van der Waals surface area contributed by atoms with E-state index in [4.69, 9.17) is 11.6 Å². The Bertz CT molecular complexity index is 568. The molecule has 0 aliphatic carbocycles. The fourth-order valence-corrected chi connectivity index (χ4v) is 2.61. The average Bonchev–Trinajstić information content (AvgIpc) is 2.75. The summed E-state index contributed by atoms with van der Waals surface area (Å²) < 4.78 is 42.4. The quantitative estimate of drug-likeness (QED) is 0.758. The SMILES string of the molecule is CSc1nc(-c2ccc(C(F)(F)F)c(Cl)c2)ns1. The van der Waals surface area contributed by atoms with Gasteiger partial charge in [0.1, 0.15) is 0 Å². The standard InChI is InChI=1S/C10H6ClF3N2S2/c1-17-9-15-8(16-18-9)5-2-3-6(7(11)4-5)10(12,13)14/h2-4H,1H3. The Morgan fingerprint density at radius 3 is 2.56 bits per heavy atom. The summed E-state index contributed by atoms with van der Waals surface area (Å²) in [5.41, 5.74) is -0.377. The van der Waals surface area contributed by atoms with E-state index < -0.39 is 11.7 Å². The second kappa shape index (κ2) is 5.07. The molecule has 2 nitrogen and oxygen atoms in total. The number of hydrogen-bond acceptors (Lipinski definition) is 4. The van der Waals surface area contributed by atoms with Gasteiger partial charge in [0.05, 0.1) is 10.6 Å². The molecule has 2 aromatic rings. The summed E-state index contributed by atoms with van der Waals surface area (Å²) in [6, 6.07) is 3.49. The lowest BCUT2D eigenvalue weighted by atomic mass is 10.1. The molecule has 0 saturated heterocycles. The second-order valence-electron chi connectivity index (χ2n) is 3.28. The minimum Gasteiger partial charge on any atom is -0.208 e. The Morgan fingerprint density at radius 2 is 2.06 bits per heavy atom. The van der Waals surface area contributed by atoms with Crippen LogP contribution in [0.25, 0.3) is 11.4 Å². The Balaban J connectivity index is 2.40. The molecule has 18 heavy (non-hydrogen) atoms. The van der Waals surface area contributed by atoms with Crippen molar-refractivity contribution in [1.29, 1.82) is 0 Å². The summed E-state index contributed by atoms with van der Waals surface area (Å²) >= 11 is 8.25. The van der Waals surface area contributed by atoms with Crippen LogP contribution < -0.4 is 0 Å². The Kier molecular flexibility index (Phi) is 3.84. The molecule has 0 aliphatic heterocycles. The van der Waals surface area contributed by atoms with Crippen LogP contribution in [0.1, 0.15) is 5.56 Å². The maximum atomic E-state index is 12.5. The van der Waals surface area contributed by atoms with Gasteiger partial charge in [0.25, 0.3) is 0 Å². The van der Waals surface area contributed by atoms with Crippen LogP contribution in [0.2, 0.25) is 5.02 Å². The molecular formula is C10H6ClF3N2S2. The smallest absolute Gasteiger partial charge is 0.208 e. The third-order valence-electron chi connectivity index (χ3n) is 2.11. The van der Waals surface area contributed by atoms with E-state index >= 15 is 0 Å². The highest BCUT2D eigenvalue weighted by atomic mass is 35.5. The monoisotopic (exact) mass is 310 g/mol. The van der Waals surface area contributed by atoms with E-state index in [9.17, 15) is 13.2 Å². The van der Waals surface area contributed by atoms with Crippen LogP contribution in [-0.4, -0.2) is 15.6 Å². The van der Waals surface area contributed by atoms with Gasteiger partial charge in [-0.3, -0.25) is 0 Å². The maximum Gasteiger partial charge on any atom is 0.417 e. The topological polar surface area (TPSA) is 25.8 Å². The first-order chi connectivity index (χ1) is 8.41. The first-order valence-corrected chi connectivity index (χ1v) is 7.04. The van der Waals surface area contributed by atoms with Crippen molar-refractivity contribution in [3.05, 3.63) is 28.8 Å². The van der Waals surface area contributed by atoms with Crippen molar-refractivity contribution >= 4 is 34.9 Å². The Labute approximate surface area is 114 Å². The van der Waals surface area contributed by atoms with Crippen LogP contribution in [0.4, 0.5) is 13.2 Å². The summed E-state index contributed by atoms with van der Waals surface area (Å²) in [6.07, 6.45) is -2.60. The summed E-state index contributed by atoms with van der Waals surface area (Å²) in [6.45, 7) is 0. The lowest BCUT2D eigenvalue weighted by molar-refractivity contribution is -0.137. The van der Waals surface area contributed by atoms with Gasteiger partial charge in [-0.15, -0.1) is 0 Å². The minimum atomic E-state index is -4.45. The molecule has 0 bridgehead atoms. The molecule has 0 amide bonds. The van der Waals surface area contributed by atoms with Crippen molar-refractivity contribution in [2.45, 2.75) is 10.5 Å². The zero-order chi connectivity index (χ0) is 13.3. The van der Waals surface area contributed by atoms with Gasteiger partial charge in [-0.1, -0.05) is 29.4 Å². The highest BCUT2D eigenvalue weighted by Gasteiger charge is 2.33. The molecule has 0 N–H and O–H groups in total. The van der Waals surface area contributed by atoms with E-state index in [1.54, 1.807) is 0 Å². The number of rotatable bonds is 2. The lowest BCUT2D eigenvalue weighted by Crippen LogP contribution is -2.05. The van der Waals surface area contributed by atoms with Crippen molar-refractivity contribution in [2.75, 3.05) is 6.26 Å². The van der Waals surface area contributed by atoms with Crippen molar-refractivity contribution in [3.63, 3.8) is 0 Å². The molecule has 0 spiro atoms. The van der Waals surface area contributed by atoms with Gasteiger partial charge < -0.3 is 0 Å². The van der Waals surface area contributed by atoms with E-state index in [0.29, 0.717) is 11.4 Å². The van der Waals surface area contributed by atoms with Crippen LogP contribution >= 0.6 is 34.9 Å². The fraction of sp³-hybridized carbons (Fsp3) is 0.200. The molecule has 96 valence electrons. The molecule has 1 aromatic heterocycles. The third kappa shape index (κ3) is 2.78. The zero-order valence-electron chi connectivity index (χ0n) is 8.95. The first-order valence-electron chi connectivity index (χ1n) is 4.66. The number of nitrogens with zero attached hydrogens (tertiary/aromatic N) is 2. The van der Waals surface area contributed by atoms with Gasteiger partial charge in [0.2, 0.25) is 0 Å². The maximum absolute atomic E-state index is 12.5. The molecule has 2 rings (SSSR count). The number of halogens is 4. The Morgan fingerprint density at radius 1 is 1.33 bits per heavy atom. The molecule has 0 saturated carbocycles. The molecule has 8 heteroatoms. The highest BCUT2D eigenvalue weighted by Crippen LogP contribution is 2.36. The highest BCUT2D eigenvalue weighted by molar-refractivity contribution is 8.00. The van der Waals surface area contributed by atoms with Crippen LogP contribution in [-0.2, 0) is 6.18 Å². The largest absolute Gasteiger partial charge is 0.417 e. The molecule has 0 unspecified atom stereocenters. The van der Waals surface area contributed by atoms with Gasteiger partial charge in [-0.25, -0.2) is 4.98 Å². The predicted octanol–water partition coefficient (Wildman–Crippen LogP) is 4.60. The van der Waals surface area contributed by atoms with Crippen molar-refractivity contribution in [1.82, 2.24) is 9.36 Å². The van der Waals surface area contributed by atoms with Crippen LogP contribution in [0, 0.1) is 0 Å². The van der Waals surface area contributed by atoms with Crippen molar-refractivity contribution < 1.29 is 13.2 Å². The van der Waals surface area contributed by atoms with E-state index in [1.807, 2.05) is 6.26 Å². The summed E-state index contributed by atoms with van der Waals surface area (Å²) in [5, 5.41) is -0.347. The van der Waals surface area contributed by atoms with Gasteiger partial charge in [0.15, 0.2) is 10.2 Å². The van der Waals surface area contributed by atoms with Crippen molar-refractivity contribution in [3.8, 4) is 11.4 Å². The van der Waals surface area contributed by atoms with E-state index in [1.165, 1.54) is 35.4 Å². The number of thioether (sulfide) groups is 1. The number of hydrogen-bond donors (Lipinski definition) is 0. The molecule has 1 heterocycles. The number of benzene rings is 1. The molecule has 0 radical (unpaired) electrons. The first kappa shape index (κ1) is 13.6. The zero-order valence-corrected chi connectivity index (χ0v) is 11.3. The van der Waals surface area contributed by atoms with Gasteiger partial charge in [-0.2, -0.15) is 17.5 Å². The Hall–Kier alpha value is -0.790. The second-order valence-corrected chi connectivity index (χ2v) is 5.49. The van der Waals surface area contributed by atoms with Crippen LogP contribution in [0.3, 0.4) is 0 Å². The lowest BCUT2D eigenvalue weighted by Gasteiger charge is -2.09. The van der Waals surface area contributed by atoms with E-state index in [2.05, 4.69) is 9.36 Å². The molecule has 0 atom stereocenters. The summed E-state index contributed by atoms with van der Waals surface area (Å²) in [5.74, 6) is 0.389. The minimum absolute atomic E-state index is 0.347. The number of alkyl halides is 3. The van der Waals surface area contributed by atoms with Crippen LogP contribution in [0.5, 0.6) is 0 Å². The van der Waals surface area contributed by atoms with Gasteiger partial charge in [-0.05, 0) is 29.9 Å². The van der Waals surface area contributed by atoms with Gasteiger partial charge in [0, 0.05) is 5.56 Å². The summed E-state index contributed by atoms with van der Waals surface area (Å²) in [4.78, 5) is 4.16. The normalized spacial score (nSPS) is 11.8. The molecule has 0 fully saturated rings. The van der Waals surface area contributed by atoms with E-state index in [0.717, 1.165) is 10.4 Å². The molecule has 0 aliphatic rings. The average molecular weight is 311 g/mol. The van der Waals surface area contributed by atoms with E-state index in [-0.39, 0.29) is 5.02 Å². The predicted molar refractivity (Wildman–Crippen MR) is 67.1 cm³/mol. The van der Waals surface area contributed by atoms with Crippen molar-refractivity contribution in [2.24, 2.45) is 0 Å².